The van der Waals surface area contributed by atoms with Crippen molar-refractivity contribution in [3.8, 4) is 0 Å². The summed E-state index contributed by atoms with van der Waals surface area (Å²) in [5.74, 6) is -0.901. The molecule has 1 aromatic rings. The quantitative estimate of drug-likeness (QED) is 0.720. The number of carbonyl (C=O) groups is 2. The zero-order valence-electron chi connectivity index (χ0n) is 14.3. The second-order valence-electron chi connectivity index (χ2n) is 6.19. The Labute approximate surface area is 152 Å². The lowest BCUT2D eigenvalue weighted by Crippen LogP contribution is -2.48. The van der Waals surface area contributed by atoms with Crippen LogP contribution in [-0.4, -0.2) is 79.3 Å². The Hall–Kier alpha value is -1.67. The van der Waals surface area contributed by atoms with Gasteiger partial charge in [0.25, 0.3) is 0 Å². The summed E-state index contributed by atoms with van der Waals surface area (Å²) in [6.07, 6.45) is 0.345. The molecule has 0 spiro atoms. The average molecular weight is 370 g/mol. The highest BCUT2D eigenvalue weighted by Crippen LogP contribution is 2.14. The first-order valence-corrected chi connectivity index (χ1v) is 8.60. The second-order valence-corrected chi connectivity index (χ2v) is 6.63. The number of hydrogen-bond acceptors (Lipinski definition) is 5. The molecular formula is C17H24ClN3O4. The van der Waals surface area contributed by atoms with E-state index in [0.717, 1.165) is 12.2 Å². The second kappa shape index (κ2) is 9.72. The van der Waals surface area contributed by atoms with Crippen LogP contribution in [0.3, 0.4) is 0 Å². The number of anilines is 1. The maximum Gasteiger partial charge on any atom is 0.317 e. The van der Waals surface area contributed by atoms with E-state index in [4.69, 9.17) is 21.4 Å². The highest BCUT2D eigenvalue weighted by Gasteiger charge is 2.22. The number of likely N-dealkylation sites (N-methyl/N-ethyl adjacent to an activating group) is 1. The molecule has 0 saturated carbocycles. The molecule has 0 radical (unpaired) electrons. The van der Waals surface area contributed by atoms with Gasteiger partial charge in [-0.05, 0) is 31.3 Å². The van der Waals surface area contributed by atoms with Crippen LogP contribution in [0.25, 0.3) is 0 Å². The molecule has 1 heterocycles. The van der Waals surface area contributed by atoms with Crippen LogP contribution in [0.4, 0.5) is 5.69 Å². The molecule has 0 bridgehead atoms. The zero-order valence-corrected chi connectivity index (χ0v) is 15.0. The first kappa shape index (κ1) is 19.7. The number of carboxylic acids is 1. The van der Waals surface area contributed by atoms with E-state index in [9.17, 15) is 9.59 Å². The minimum absolute atomic E-state index is 0.0106. The van der Waals surface area contributed by atoms with Crippen LogP contribution < -0.4 is 5.32 Å². The van der Waals surface area contributed by atoms with Gasteiger partial charge in [-0.2, -0.15) is 0 Å². The summed E-state index contributed by atoms with van der Waals surface area (Å²) >= 11 is 5.82. The molecule has 1 unspecified atom stereocenters. The maximum absolute atomic E-state index is 12.0. The Morgan fingerprint density at radius 1 is 1.40 bits per heavy atom. The number of nitrogens with one attached hydrogen (secondary N) is 1. The summed E-state index contributed by atoms with van der Waals surface area (Å²) in [6, 6.07) is 7.00. The lowest BCUT2D eigenvalue weighted by Gasteiger charge is -2.34. The van der Waals surface area contributed by atoms with E-state index in [-0.39, 0.29) is 18.6 Å². The van der Waals surface area contributed by atoms with Crippen molar-refractivity contribution in [1.82, 2.24) is 9.80 Å². The Kier molecular flexibility index (Phi) is 7.64. The van der Waals surface area contributed by atoms with Gasteiger partial charge in [0.1, 0.15) is 0 Å². The van der Waals surface area contributed by atoms with E-state index in [1.54, 1.807) is 36.2 Å². The highest BCUT2D eigenvalue weighted by molar-refractivity contribution is 6.30. The highest BCUT2D eigenvalue weighted by atomic mass is 35.5. The van der Waals surface area contributed by atoms with Gasteiger partial charge in [-0.3, -0.25) is 19.4 Å². The van der Waals surface area contributed by atoms with Crippen molar-refractivity contribution in [2.75, 3.05) is 51.7 Å². The first-order valence-electron chi connectivity index (χ1n) is 8.22. The van der Waals surface area contributed by atoms with E-state index < -0.39 is 5.97 Å². The molecule has 8 heteroatoms. The van der Waals surface area contributed by atoms with Gasteiger partial charge in [-0.15, -0.1) is 0 Å². The molecule has 7 nitrogen and oxygen atoms in total. The van der Waals surface area contributed by atoms with Gasteiger partial charge >= 0.3 is 5.97 Å². The lowest BCUT2D eigenvalue weighted by atomic mass is 10.2. The number of nitrogens with zero attached hydrogens (tertiary/aromatic N) is 2. The predicted molar refractivity (Wildman–Crippen MR) is 96.0 cm³/mol. The number of aliphatic carboxylic acids is 1. The molecule has 1 amide bonds. The standard InChI is InChI=1S/C17H24ClN3O4/c1-20(12-17(23)24)10-15-11-21(8-9-25-15)7-6-16(22)19-14-4-2-13(18)3-5-14/h2-5,15H,6-12H2,1H3,(H,19,22)(H,23,24). The molecule has 138 valence electrons. The summed E-state index contributed by atoms with van der Waals surface area (Å²) in [5, 5.41) is 12.3. The van der Waals surface area contributed by atoms with Crippen molar-refractivity contribution >= 4 is 29.2 Å². The fourth-order valence-electron chi connectivity index (χ4n) is 2.75. The first-order chi connectivity index (χ1) is 11.9. The fraction of sp³-hybridized carbons (Fsp3) is 0.529. The summed E-state index contributed by atoms with van der Waals surface area (Å²) in [5.41, 5.74) is 0.726. The van der Waals surface area contributed by atoms with Crippen molar-refractivity contribution in [2.24, 2.45) is 0 Å². The van der Waals surface area contributed by atoms with Crippen molar-refractivity contribution in [1.29, 1.82) is 0 Å². The van der Waals surface area contributed by atoms with Crippen LogP contribution in [0.1, 0.15) is 6.42 Å². The Morgan fingerprint density at radius 3 is 2.80 bits per heavy atom. The number of hydrogen-bond donors (Lipinski definition) is 2. The molecule has 2 N–H and O–H groups in total. The van der Waals surface area contributed by atoms with Gasteiger partial charge in [-0.25, -0.2) is 0 Å². The molecule has 0 aromatic heterocycles. The van der Waals surface area contributed by atoms with Crippen LogP contribution in [0.2, 0.25) is 5.02 Å². The SMILES string of the molecule is CN(CC(=O)O)CC1CN(CCC(=O)Nc2ccc(Cl)cc2)CCO1. The molecular weight excluding hydrogens is 346 g/mol. The van der Waals surface area contributed by atoms with Gasteiger partial charge in [0.05, 0.1) is 19.3 Å². The van der Waals surface area contributed by atoms with Crippen molar-refractivity contribution < 1.29 is 19.4 Å². The van der Waals surface area contributed by atoms with E-state index >= 15 is 0 Å². The average Bonchev–Trinajstić information content (AvgIpc) is 2.55. The number of halogens is 1. The van der Waals surface area contributed by atoms with Crippen molar-refractivity contribution in [3.63, 3.8) is 0 Å². The summed E-state index contributed by atoms with van der Waals surface area (Å²) in [4.78, 5) is 26.7. The van der Waals surface area contributed by atoms with E-state index in [1.165, 1.54) is 0 Å². The largest absolute Gasteiger partial charge is 0.480 e. The monoisotopic (exact) mass is 369 g/mol. The molecule has 1 saturated heterocycles. The van der Waals surface area contributed by atoms with E-state index in [0.29, 0.717) is 37.7 Å². The Bertz CT molecular complexity index is 582. The van der Waals surface area contributed by atoms with Gasteiger partial charge < -0.3 is 15.2 Å². The van der Waals surface area contributed by atoms with Crippen LogP contribution in [-0.2, 0) is 14.3 Å². The van der Waals surface area contributed by atoms with E-state index in [2.05, 4.69) is 10.2 Å². The van der Waals surface area contributed by atoms with Crippen LogP contribution in [0, 0.1) is 0 Å². The molecule has 0 aliphatic carbocycles. The third-order valence-corrected chi connectivity index (χ3v) is 4.18. The summed E-state index contributed by atoms with van der Waals surface area (Å²) in [6.45, 7) is 3.24. The molecule has 1 fully saturated rings. The fourth-order valence-corrected chi connectivity index (χ4v) is 2.88. The van der Waals surface area contributed by atoms with Crippen LogP contribution >= 0.6 is 11.6 Å². The summed E-state index contributed by atoms with van der Waals surface area (Å²) < 4.78 is 5.68. The molecule has 1 aliphatic heterocycles. The lowest BCUT2D eigenvalue weighted by molar-refractivity contribution is -0.138. The third-order valence-electron chi connectivity index (χ3n) is 3.93. The van der Waals surface area contributed by atoms with Gasteiger partial charge in [0, 0.05) is 43.3 Å². The van der Waals surface area contributed by atoms with E-state index in [1.807, 2.05) is 0 Å². The number of amides is 1. The van der Waals surface area contributed by atoms with Gasteiger partial charge in [0.15, 0.2) is 0 Å². The number of carboxylic acid groups (broad SMARTS) is 1. The molecule has 25 heavy (non-hydrogen) atoms. The van der Waals surface area contributed by atoms with Crippen LogP contribution in [0.5, 0.6) is 0 Å². The third kappa shape index (κ3) is 7.39. The predicted octanol–water partition coefficient (Wildman–Crippen LogP) is 1.39. The maximum atomic E-state index is 12.0. The van der Waals surface area contributed by atoms with Crippen molar-refractivity contribution in [2.45, 2.75) is 12.5 Å². The van der Waals surface area contributed by atoms with Gasteiger partial charge in [-0.1, -0.05) is 11.6 Å². The Morgan fingerprint density at radius 2 is 2.12 bits per heavy atom. The molecule has 1 aliphatic rings. The minimum Gasteiger partial charge on any atom is -0.480 e. The Balaban J connectivity index is 1.71. The number of ether oxygens (including phenoxy) is 1. The van der Waals surface area contributed by atoms with Crippen LogP contribution in [0.15, 0.2) is 24.3 Å². The topological polar surface area (TPSA) is 82.1 Å². The number of benzene rings is 1. The minimum atomic E-state index is -0.853. The molecule has 2 rings (SSSR count). The number of rotatable bonds is 8. The summed E-state index contributed by atoms with van der Waals surface area (Å²) in [7, 11) is 1.76. The number of morpholine rings is 1. The number of carbonyl (C=O) groups excluding carboxylic acids is 1. The van der Waals surface area contributed by atoms with Crippen molar-refractivity contribution in [3.05, 3.63) is 29.3 Å². The molecule has 1 atom stereocenters. The molecule has 1 aromatic carbocycles. The smallest absolute Gasteiger partial charge is 0.317 e. The normalized spacial score (nSPS) is 18.3. The van der Waals surface area contributed by atoms with Gasteiger partial charge in [0.2, 0.25) is 5.91 Å². The zero-order chi connectivity index (χ0) is 18.2.